The van der Waals surface area contributed by atoms with Gasteiger partial charge in [-0.2, -0.15) is 0 Å². The van der Waals surface area contributed by atoms with E-state index in [4.69, 9.17) is 0 Å². The summed E-state index contributed by atoms with van der Waals surface area (Å²) in [6.45, 7) is 7.76. The van der Waals surface area contributed by atoms with Gasteiger partial charge in [-0.05, 0) is 30.5 Å². The minimum Gasteiger partial charge on any atom is -0.310 e. The van der Waals surface area contributed by atoms with Crippen molar-refractivity contribution in [3.63, 3.8) is 0 Å². The van der Waals surface area contributed by atoms with Crippen LogP contribution in [-0.4, -0.2) is 11.5 Å². The highest BCUT2D eigenvalue weighted by Gasteiger charge is 2.14. The van der Waals surface area contributed by atoms with Gasteiger partial charge < -0.3 is 5.32 Å². The Morgan fingerprint density at radius 1 is 1.10 bits per heavy atom. The van der Waals surface area contributed by atoms with E-state index >= 15 is 0 Å². The van der Waals surface area contributed by atoms with E-state index in [0.717, 1.165) is 18.0 Å². The first-order valence-electron chi connectivity index (χ1n) is 7.79. The molecule has 1 aromatic heterocycles. The maximum absolute atomic E-state index is 4.59. The molecule has 1 unspecified atom stereocenters. The predicted molar refractivity (Wildman–Crippen MR) is 86.8 cm³/mol. The Balaban J connectivity index is 2.22. The lowest BCUT2D eigenvalue weighted by Crippen LogP contribution is -2.21. The van der Waals surface area contributed by atoms with Crippen LogP contribution in [0.3, 0.4) is 0 Å². The third-order valence-electron chi connectivity index (χ3n) is 3.76. The molecule has 0 fully saturated rings. The molecule has 2 nitrogen and oxygen atoms in total. The van der Waals surface area contributed by atoms with Crippen LogP contribution in [0.4, 0.5) is 0 Å². The van der Waals surface area contributed by atoms with Gasteiger partial charge in [0.15, 0.2) is 0 Å². The van der Waals surface area contributed by atoms with E-state index in [1.54, 1.807) is 0 Å². The molecule has 0 bridgehead atoms. The Morgan fingerprint density at radius 2 is 1.90 bits per heavy atom. The fraction of sp³-hybridized carbons (Fsp3) is 0.500. The monoisotopic (exact) mass is 270 g/mol. The Labute approximate surface area is 122 Å². The standard InChI is InChI=1S/C18H26N2/c1-4-19-17(12-5-8-14(2)3)16-11-6-9-15-10-7-13-20-18(15)16/h6-7,9-11,13-14,17,19H,4-5,8,12H2,1-3H3. The summed E-state index contributed by atoms with van der Waals surface area (Å²) < 4.78 is 0. The molecular formula is C18H26N2. The number of aromatic nitrogens is 1. The van der Waals surface area contributed by atoms with Crippen LogP contribution in [0.1, 0.15) is 51.6 Å². The topological polar surface area (TPSA) is 24.9 Å². The third-order valence-corrected chi connectivity index (χ3v) is 3.76. The van der Waals surface area contributed by atoms with Crippen molar-refractivity contribution in [3.05, 3.63) is 42.1 Å². The van der Waals surface area contributed by atoms with E-state index in [2.05, 4.69) is 55.3 Å². The average molecular weight is 270 g/mol. The molecule has 0 aliphatic carbocycles. The van der Waals surface area contributed by atoms with E-state index in [-0.39, 0.29) is 0 Å². The van der Waals surface area contributed by atoms with Gasteiger partial charge in [-0.3, -0.25) is 4.98 Å². The van der Waals surface area contributed by atoms with Crippen LogP contribution in [0.2, 0.25) is 0 Å². The molecule has 0 aliphatic rings. The maximum Gasteiger partial charge on any atom is 0.0749 e. The molecule has 1 atom stereocenters. The minimum atomic E-state index is 0.414. The molecule has 1 aromatic carbocycles. The zero-order valence-corrected chi connectivity index (χ0v) is 12.9. The van der Waals surface area contributed by atoms with Gasteiger partial charge in [0.05, 0.1) is 5.52 Å². The van der Waals surface area contributed by atoms with Gasteiger partial charge >= 0.3 is 0 Å². The maximum atomic E-state index is 4.59. The number of benzene rings is 1. The first-order valence-corrected chi connectivity index (χ1v) is 7.79. The molecule has 0 amide bonds. The highest BCUT2D eigenvalue weighted by molar-refractivity contribution is 5.81. The number of nitrogens with one attached hydrogen (secondary N) is 1. The van der Waals surface area contributed by atoms with Crippen LogP contribution in [-0.2, 0) is 0 Å². The second-order valence-electron chi connectivity index (χ2n) is 5.86. The molecule has 2 aromatic rings. The number of hydrogen-bond acceptors (Lipinski definition) is 2. The molecule has 0 saturated carbocycles. The van der Waals surface area contributed by atoms with Gasteiger partial charge in [0.25, 0.3) is 0 Å². The van der Waals surface area contributed by atoms with Gasteiger partial charge in [-0.15, -0.1) is 0 Å². The molecule has 20 heavy (non-hydrogen) atoms. The summed E-state index contributed by atoms with van der Waals surface area (Å²) in [4.78, 5) is 4.59. The van der Waals surface area contributed by atoms with Gasteiger partial charge in [-0.1, -0.05) is 57.9 Å². The predicted octanol–water partition coefficient (Wildman–Crippen LogP) is 4.71. The number of rotatable bonds is 7. The lowest BCUT2D eigenvalue weighted by atomic mass is 9.96. The molecule has 1 heterocycles. The van der Waals surface area contributed by atoms with Gasteiger partial charge in [0.1, 0.15) is 0 Å². The lowest BCUT2D eigenvalue weighted by Gasteiger charge is -2.20. The summed E-state index contributed by atoms with van der Waals surface area (Å²) in [6, 6.07) is 11.1. The molecule has 0 radical (unpaired) electrons. The summed E-state index contributed by atoms with van der Waals surface area (Å²) in [5, 5.41) is 4.86. The number of pyridine rings is 1. The van der Waals surface area contributed by atoms with Crippen LogP contribution in [0, 0.1) is 5.92 Å². The van der Waals surface area contributed by atoms with Crippen molar-refractivity contribution < 1.29 is 0 Å². The van der Waals surface area contributed by atoms with E-state index in [1.165, 1.54) is 30.2 Å². The number of nitrogens with zero attached hydrogens (tertiary/aromatic N) is 1. The summed E-state index contributed by atoms with van der Waals surface area (Å²) in [7, 11) is 0. The summed E-state index contributed by atoms with van der Waals surface area (Å²) in [5.74, 6) is 0.780. The van der Waals surface area contributed by atoms with Crippen LogP contribution in [0.15, 0.2) is 36.5 Å². The first-order chi connectivity index (χ1) is 9.72. The quantitative estimate of drug-likeness (QED) is 0.788. The second kappa shape index (κ2) is 7.39. The van der Waals surface area contributed by atoms with E-state index in [1.807, 2.05) is 12.3 Å². The van der Waals surface area contributed by atoms with Crippen molar-refractivity contribution in [1.29, 1.82) is 0 Å². The van der Waals surface area contributed by atoms with Crippen molar-refractivity contribution in [2.24, 2.45) is 5.92 Å². The van der Waals surface area contributed by atoms with E-state index in [9.17, 15) is 0 Å². The fourth-order valence-corrected chi connectivity index (χ4v) is 2.75. The highest BCUT2D eigenvalue weighted by atomic mass is 14.9. The Hall–Kier alpha value is -1.41. The van der Waals surface area contributed by atoms with Crippen molar-refractivity contribution >= 4 is 10.9 Å². The van der Waals surface area contributed by atoms with Crippen LogP contribution in [0.25, 0.3) is 10.9 Å². The normalized spacial score (nSPS) is 13.0. The zero-order chi connectivity index (χ0) is 14.4. The Kier molecular flexibility index (Phi) is 5.54. The molecule has 0 spiro atoms. The molecule has 0 saturated heterocycles. The van der Waals surface area contributed by atoms with Crippen LogP contribution in [0.5, 0.6) is 0 Å². The van der Waals surface area contributed by atoms with E-state index in [0.29, 0.717) is 6.04 Å². The zero-order valence-electron chi connectivity index (χ0n) is 12.9. The molecule has 108 valence electrons. The van der Waals surface area contributed by atoms with E-state index < -0.39 is 0 Å². The summed E-state index contributed by atoms with van der Waals surface area (Å²) in [5.41, 5.74) is 2.49. The van der Waals surface area contributed by atoms with Crippen LogP contribution < -0.4 is 5.32 Å². The first kappa shape index (κ1) is 15.0. The average Bonchev–Trinajstić information content (AvgIpc) is 2.45. The number of para-hydroxylation sites is 1. The number of fused-ring (bicyclic) bond motifs is 1. The lowest BCUT2D eigenvalue weighted by molar-refractivity contribution is 0.457. The van der Waals surface area contributed by atoms with Gasteiger partial charge in [0, 0.05) is 17.6 Å². The highest BCUT2D eigenvalue weighted by Crippen LogP contribution is 2.26. The summed E-state index contributed by atoms with van der Waals surface area (Å²) in [6.07, 6.45) is 5.63. The van der Waals surface area contributed by atoms with Crippen molar-refractivity contribution in [2.75, 3.05) is 6.54 Å². The molecule has 1 N–H and O–H groups in total. The number of hydrogen-bond donors (Lipinski definition) is 1. The second-order valence-corrected chi connectivity index (χ2v) is 5.86. The van der Waals surface area contributed by atoms with Crippen LogP contribution >= 0.6 is 0 Å². The smallest absolute Gasteiger partial charge is 0.0749 e. The largest absolute Gasteiger partial charge is 0.310 e. The van der Waals surface area contributed by atoms with Gasteiger partial charge in [0.2, 0.25) is 0 Å². The third kappa shape index (κ3) is 3.80. The van der Waals surface area contributed by atoms with Crippen molar-refractivity contribution in [1.82, 2.24) is 10.3 Å². The molecule has 2 heteroatoms. The van der Waals surface area contributed by atoms with Crippen molar-refractivity contribution in [2.45, 2.75) is 46.1 Å². The molecular weight excluding hydrogens is 244 g/mol. The molecule has 2 rings (SSSR count). The van der Waals surface area contributed by atoms with Crippen molar-refractivity contribution in [3.8, 4) is 0 Å². The minimum absolute atomic E-state index is 0.414. The summed E-state index contributed by atoms with van der Waals surface area (Å²) >= 11 is 0. The fourth-order valence-electron chi connectivity index (χ4n) is 2.75. The Morgan fingerprint density at radius 3 is 2.65 bits per heavy atom. The Bertz CT molecular complexity index is 528. The SMILES string of the molecule is CCNC(CCCC(C)C)c1cccc2cccnc12. The van der Waals surface area contributed by atoms with Gasteiger partial charge in [-0.25, -0.2) is 0 Å². The molecule has 0 aliphatic heterocycles.